The summed E-state index contributed by atoms with van der Waals surface area (Å²) < 4.78 is 18.1. The average Bonchev–Trinajstić information content (AvgIpc) is 2.74. The van der Waals surface area contributed by atoms with E-state index in [1.54, 1.807) is 0 Å². The lowest BCUT2D eigenvalue weighted by Gasteiger charge is -2.07. The van der Waals surface area contributed by atoms with Crippen LogP contribution in [0, 0.1) is 5.82 Å². The minimum atomic E-state index is -1.30. The third kappa shape index (κ3) is 2.92. The van der Waals surface area contributed by atoms with E-state index >= 15 is 0 Å². The highest BCUT2D eigenvalue weighted by Crippen LogP contribution is 2.23. The predicted octanol–water partition coefficient (Wildman–Crippen LogP) is 1.72. The van der Waals surface area contributed by atoms with Gasteiger partial charge in [-0.2, -0.15) is 0 Å². The number of nitrogens with one attached hydrogen (secondary N) is 1. The maximum absolute atomic E-state index is 13.1. The second-order valence-electron chi connectivity index (χ2n) is 3.67. The molecule has 7 heteroatoms. The van der Waals surface area contributed by atoms with Crippen molar-refractivity contribution in [3.63, 3.8) is 0 Å². The number of cyclic esters (lactones) is 1. The number of carbonyl (C=O) groups is 2. The van der Waals surface area contributed by atoms with Gasteiger partial charge in [0.2, 0.25) is 0 Å². The van der Waals surface area contributed by atoms with Crippen LogP contribution in [0.4, 0.5) is 9.18 Å². The van der Waals surface area contributed by atoms with Gasteiger partial charge in [-0.05, 0) is 18.2 Å². The molecule has 1 unspecified atom stereocenters. The van der Waals surface area contributed by atoms with Crippen LogP contribution in [-0.4, -0.2) is 35.6 Å². The van der Waals surface area contributed by atoms with Crippen molar-refractivity contribution >= 4 is 23.8 Å². The molecule has 0 spiro atoms. The van der Waals surface area contributed by atoms with Crippen molar-refractivity contribution in [1.29, 1.82) is 0 Å². The summed E-state index contributed by atoms with van der Waals surface area (Å²) in [6.07, 6.45) is -0.702. The second kappa shape index (κ2) is 5.26. The fourth-order valence-electron chi connectivity index (χ4n) is 1.47. The minimum absolute atomic E-state index is 0.249. The Morgan fingerprint density at radius 2 is 2.39 bits per heavy atom. The van der Waals surface area contributed by atoms with Gasteiger partial charge in [-0.15, -0.1) is 11.8 Å². The second-order valence-corrected chi connectivity index (χ2v) is 4.76. The van der Waals surface area contributed by atoms with E-state index in [4.69, 9.17) is 9.84 Å². The molecule has 1 saturated heterocycles. The summed E-state index contributed by atoms with van der Waals surface area (Å²) in [4.78, 5) is 22.2. The predicted molar refractivity (Wildman–Crippen MR) is 62.4 cm³/mol. The molecule has 2 rings (SSSR count). The molecule has 0 bridgehead atoms. The van der Waals surface area contributed by atoms with Gasteiger partial charge in [-0.1, -0.05) is 0 Å². The van der Waals surface area contributed by atoms with Crippen LogP contribution in [0.3, 0.4) is 0 Å². The summed E-state index contributed by atoms with van der Waals surface area (Å²) in [6.45, 7) is 0.429. The van der Waals surface area contributed by atoms with Crippen LogP contribution in [0.5, 0.6) is 0 Å². The fourth-order valence-corrected chi connectivity index (χ4v) is 2.40. The lowest BCUT2D eigenvalue weighted by Crippen LogP contribution is -2.16. The Morgan fingerprint density at radius 1 is 1.61 bits per heavy atom. The first-order valence-electron chi connectivity index (χ1n) is 5.16. The fraction of sp³-hybridized carbons (Fsp3) is 0.273. The molecule has 0 aromatic heterocycles. The van der Waals surface area contributed by atoms with Gasteiger partial charge in [0.15, 0.2) is 0 Å². The maximum Gasteiger partial charge on any atom is 0.407 e. The monoisotopic (exact) mass is 271 g/mol. The number of rotatable bonds is 4. The van der Waals surface area contributed by atoms with E-state index in [2.05, 4.69) is 5.32 Å². The zero-order chi connectivity index (χ0) is 13.1. The van der Waals surface area contributed by atoms with Gasteiger partial charge in [0.05, 0.1) is 12.1 Å². The first-order valence-corrected chi connectivity index (χ1v) is 6.15. The van der Waals surface area contributed by atoms with Gasteiger partial charge in [-0.25, -0.2) is 14.0 Å². The molecule has 96 valence electrons. The third-order valence-electron chi connectivity index (χ3n) is 2.35. The quantitative estimate of drug-likeness (QED) is 0.816. The van der Waals surface area contributed by atoms with E-state index in [0.29, 0.717) is 17.2 Å². The number of carboxylic acids is 1. The molecule has 1 atom stereocenters. The van der Waals surface area contributed by atoms with Crippen LogP contribution in [0.25, 0.3) is 0 Å². The van der Waals surface area contributed by atoms with E-state index in [0.717, 1.165) is 6.07 Å². The molecule has 0 aliphatic carbocycles. The van der Waals surface area contributed by atoms with Crippen molar-refractivity contribution in [3.05, 3.63) is 29.6 Å². The number of alkyl carbamates (subject to hydrolysis) is 1. The van der Waals surface area contributed by atoms with Crippen molar-refractivity contribution in [1.82, 2.24) is 5.32 Å². The van der Waals surface area contributed by atoms with E-state index in [1.165, 1.54) is 23.9 Å². The number of hydrogen-bond acceptors (Lipinski definition) is 4. The molecular weight excluding hydrogens is 261 g/mol. The topological polar surface area (TPSA) is 75.6 Å². The highest BCUT2D eigenvalue weighted by Gasteiger charge is 2.22. The van der Waals surface area contributed by atoms with Crippen molar-refractivity contribution in [2.24, 2.45) is 0 Å². The zero-order valence-corrected chi connectivity index (χ0v) is 10.00. The lowest BCUT2D eigenvalue weighted by atomic mass is 10.2. The molecule has 1 fully saturated rings. The summed E-state index contributed by atoms with van der Waals surface area (Å²) in [6, 6.07) is 3.88. The number of halogens is 1. The Bertz CT molecular complexity index is 494. The Labute approximate surface area is 106 Å². The molecule has 1 aromatic rings. The third-order valence-corrected chi connectivity index (χ3v) is 3.48. The SMILES string of the molecule is O=C1NCC(CSc2ccc(F)c(C(=O)O)c2)O1. The Hall–Kier alpha value is -1.76. The molecule has 1 aliphatic rings. The Kier molecular flexibility index (Phi) is 3.71. The number of hydrogen-bond donors (Lipinski definition) is 2. The largest absolute Gasteiger partial charge is 0.478 e. The highest BCUT2D eigenvalue weighted by atomic mass is 32.2. The molecule has 1 heterocycles. The summed E-state index contributed by atoms with van der Waals surface area (Å²) in [5, 5.41) is 11.3. The lowest BCUT2D eigenvalue weighted by molar-refractivity contribution is 0.0691. The van der Waals surface area contributed by atoms with Crippen molar-refractivity contribution in [2.45, 2.75) is 11.0 Å². The van der Waals surface area contributed by atoms with Gasteiger partial charge in [0, 0.05) is 10.6 Å². The maximum atomic E-state index is 13.1. The average molecular weight is 271 g/mol. The first-order chi connectivity index (χ1) is 8.56. The van der Waals surface area contributed by atoms with Gasteiger partial charge >= 0.3 is 12.1 Å². The smallest absolute Gasteiger partial charge is 0.407 e. The number of carbonyl (C=O) groups excluding carboxylic acids is 1. The first kappa shape index (κ1) is 12.7. The molecule has 5 nitrogen and oxygen atoms in total. The van der Waals surface area contributed by atoms with Gasteiger partial charge < -0.3 is 15.2 Å². The summed E-state index contributed by atoms with van der Waals surface area (Å²) in [7, 11) is 0. The number of ether oxygens (including phenoxy) is 1. The zero-order valence-electron chi connectivity index (χ0n) is 9.18. The van der Waals surface area contributed by atoms with Crippen molar-refractivity contribution in [2.75, 3.05) is 12.3 Å². The van der Waals surface area contributed by atoms with E-state index in [9.17, 15) is 14.0 Å². The van der Waals surface area contributed by atoms with Gasteiger partial charge in [0.25, 0.3) is 0 Å². The Morgan fingerprint density at radius 3 is 3.00 bits per heavy atom. The highest BCUT2D eigenvalue weighted by molar-refractivity contribution is 7.99. The summed E-state index contributed by atoms with van der Waals surface area (Å²) >= 11 is 1.31. The molecule has 0 radical (unpaired) electrons. The van der Waals surface area contributed by atoms with Crippen LogP contribution in [-0.2, 0) is 4.74 Å². The molecule has 18 heavy (non-hydrogen) atoms. The summed E-state index contributed by atoms with van der Waals surface area (Å²) in [5.74, 6) is -1.58. The van der Waals surface area contributed by atoms with Crippen LogP contribution in [0.15, 0.2) is 23.1 Å². The van der Waals surface area contributed by atoms with Crippen LogP contribution in [0.1, 0.15) is 10.4 Å². The van der Waals surface area contributed by atoms with E-state index in [-0.39, 0.29) is 11.7 Å². The molecular formula is C11H10FNO4S. The summed E-state index contributed by atoms with van der Waals surface area (Å²) in [5.41, 5.74) is -0.360. The van der Waals surface area contributed by atoms with Gasteiger partial charge in [-0.3, -0.25) is 0 Å². The minimum Gasteiger partial charge on any atom is -0.478 e. The standard InChI is InChI=1S/C11H10FNO4S/c12-9-2-1-7(3-8(9)10(14)15)18-5-6-4-13-11(16)17-6/h1-3,6H,4-5H2,(H,13,16)(H,14,15). The van der Waals surface area contributed by atoms with E-state index in [1.807, 2.05) is 0 Å². The van der Waals surface area contributed by atoms with Crippen molar-refractivity contribution < 1.29 is 23.8 Å². The number of benzene rings is 1. The van der Waals surface area contributed by atoms with E-state index < -0.39 is 17.9 Å². The molecule has 0 saturated carbocycles. The molecule has 1 aliphatic heterocycles. The number of aromatic carboxylic acids is 1. The van der Waals surface area contributed by atoms with Crippen LogP contribution < -0.4 is 5.32 Å². The van der Waals surface area contributed by atoms with Crippen LogP contribution >= 0.6 is 11.8 Å². The molecule has 1 aromatic carbocycles. The number of carboxylic acid groups (broad SMARTS) is 1. The molecule has 2 N–H and O–H groups in total. The Balaban J connectivity index is 1.99. The molecule has 1 amide bonds. The van der Waals surface area contributed by atoms with Crippen LogP contribution in [0.2, 0.25) is 0 Å². The normalized spacial score (nSPS) is 18.3. The number of amides is 1. The van der Waals surface area contributed by atoms with Gasteiger partial charge in [0.1, 0.15) is 11.9 Å². The number of thioether (sulfide) groups is 1. The van der Waals surface area contributed by atoms with Crippen molar-refractivity contribution in [3.8, 4) is 0 Å².